The van der Waals surface area contributed by atoms with Crippen molar-refractivity contribution in [2.45, 2.75) is 64.3 Å². The fraction of sp³-hybridized carbons (Fsp3) is 0.550. The molecule has 1 atom stereocenters. The Morgan fingerprint density at radius 1 is 1.04 bits per heavy atom. The van der Waals surface area contributed by atoms with E-state index in [4.69, 9.17) is 5.73 Å². The zero-order valence-electron chi connectivity index (χ0n) is 15.6. The first-order valence-electron chi connectivity index (χ1n) is 9.42. The minimum atomic E-state index is -0.862. The van der Waals surface area contributed by atoms with Crippen LogP contribution in [-0.4, -0.2) is 30.3 Å². The van der Waals surface area contributed by atoms with Crippen LogP contribution in [0.5, 0.6) is 0 Å². The molecule has 0 heterocycles. The van der Waals surface area contributed by atoms with Crippen molar-refractivity contribution >= 4 is 17.7 Å². The number of benzene rings is 1. The predicted octanol–water partition coefficient (Wildman–Crippen LogP) is 2.70. The number of rotatable bonds is 13. The third kappa shape index (κ3) is 9.81. The molecule has 1 rings (SSSR count). The summed E-state index contributed by atoms with van der Waals surface area (Å²) in [6.45, 7) is 2.68. The third-order valence-electron chi connectivity index (χ3n) is 4.15. The Bertz CT molecular complexity index is 561. The highest BCUT2D eigenvalue weighted by atomic mass is 16.2. The number of hydrogen-bond donors (Lipinski definition) is 3. The van der Waals surface area contributed by atoms with Gasteiger partial charge in [0.05, 0.1) is 12.5 Å². The van der Waals surface area contributed by atoms with Crippen LogP contribution in [0.3, 0.4) is 0 Å². The number of amides is 3. The average Bonchev–Trinajstić information content (AvgIpc) is 2.61. The fourth-order valence-corrected chi connectivity index (χ4v) is 2.70. The number of hydrogen-bond acceptors (Lipinski definition) is 3. The lowest BCUT2D eigenvalue weighted by molar-refractivity contribution is -0.125. The van der Waals surface area contributed by atoms with Crippen molar-refractivity contribution in [3.05, 3.63) is 35.9 Å². The Morgan fingerprint density at radius 3 is 2.42 bits per heavy atom. The molecule has 0 radical (unpaired) electrons. The molecule has 0 aromatic heterocycles. The molecule has 6 heteroatoms. The van der Waals surface area contributed by atoms with Gasteiger partial charge in [0.25, 0.3) is 0 Å². The van der Waals surface area contributed by atoms with Crippen molar-refractivity contribution in [1.82, 2.24) is 10.6 Å². The van der Waals surface area contributed by atoms with Crippen LogP contribution in [0.25, 0.3) is 0 Å². The zero-order valence-corrected chi connectivity index (χ0v) is 15.6. The van der Waals surface area contributed by atoms with Gasteiger partial charge in [-0.1, -0.05) is 56.5 Å². The number of nitrogens with two attached hydrogens (primary N) is 1. The summed E-state index contributed by atoms with van der Waals surface area (Å²) < 4.78 is 0. The first-order chi connectivity index (χ1) is 12.5. The van der Waals surface area contributed by atoms with Crippen LogP contribution in [-0.2, 0) is 16.0 Å². The van der Waals surface area contributed by atoms with Gasteiger partial charge < -0.3 is 16.4 Å². The van der Waals surface area contributed by atoms with Gasteiger partial charge in [0.1, 0.15) is 0 Å². The van der Waals surface area contributed by atoms with Crippen molar-refractivity contribution in [3.8, 4) is 0 Å². The molecule has 0 spiro atoms. The van der Waals surface area contributed by atoms with Crippen LogP contribution in [0.2, 0.25) is 0 Å². The first kappa shape index (κ1) is 21.7. The number of primary amides is 1. The number of aryl methyl sites for hydroxylation is 1. The van der Waals surface area contributed by atoms with Crippen LogP contribution in [0.1, 0.15) is 57.4 Å². The number of nitrogens with one attached hydrogen (secondary N) is 2. The van der Waals surface area contributed by atoms with E-state index >= 15 is 0 Å². The van der Waals surface area contributed by atoms with Crippen molar-refractivity contribution < 1.29 is 14.4 Å². The second kappa shape index (κ2) is 12.9. The molecule has 0 saturated carbocycles. The van der Waals surface area contributed by atoms with Gasteiger partial charge >= 0.3 is 6.03 Å². The van der Waals surface area contributed by atoms with Gasteiger partial charge in [-0.15, -0.1) is 0 Å². The van der Waals surface area contributed by atoms with E-state index in [1.165, 1.54) is 0 Å². The molecule has 1 aromatic carbocycles. The lowest BCUT2D eigenvalue weighted by Gasteiger charge is -2.17. The maximum atomic E-state index is 12.4. The fourth-order valence-electron chi connectivity index (χ4n) is 2.70. The number of unbranched alkanes of at least 4 members (excludes halogenated alkanes) is 3. The highest BCUT2D eigenvalue weighted by Crippen LogP contribution is 2.07. The van der Waals surface area contributed by atoms with Crippen LogP contribution < -0.4 is 16.4 Å². The molecular weight excluding hydrogens is 330 g/mol. The summed E-state index contributed by atoms with van der Waals surface area (Å²) in [5.74, 6) is -0.768. The Labute approximate surface area is 155 Å². The average molecular weight is 361 g/mol. The summed E-state index contributed by atoms with van der Waals surface area (Å²) in [6.07, 6.45) is 5.78. The second-order valence-electron chi connectivity index (χ2n) is 6.49. The molecule has 6 nitrogen and oxygen atoms in total. The SMILES string of the molecule is CCCCCCNC(=O)N[C@H](CC(N)=O)C(=O)CCCc1ccccc1. The molecule has 0 saturated heterocycles. The van der Waals surface area contributed by atoms with E-state index in [9.17, 15) is 14.4 Å². The quantitative estimate of drug-likeness (QED) is 0.471. The molecule has 0 aliphatic carbocycles. The van der Waals surface area contributed by atoms with Crippen LogP contribution >= 0.6 is 0 Å². The summed E-state index contributed by atoms with van der Waals surface area (Å²) in [5.41, 5.74) is 6.38. The summed E-state index contributed by atoms with van der Waals surface area (Å²) in [5, 5.41) is 5.31. The molecule has 0 fully saturated rings. The third-order valence-corrected chi connectivity index (χ3v) is 4.15. The highest BCUT2D eigenvalue weighted by Gasteiger charge is 2.22. The molecule has 4 N–H and O–H groups in total. The molecule has 0 aliphatic heterocycles. The van der Waals surface area contributed by atoms with E-state index in [0.29, 0.717) is 19.4 Å². The number of carbonyl (C=O) groups excluding carboxylic acids is 3. The molecule has 1 aromatic rings. The zero-order chi connectivity index (χ0) is 19.2. The number of ketones is 1. The van der Waals surface area contributed by atoms with E-state index in [-0.39, 0.29) is 12.2 Å². The molecular formula is C20H31N3O3. The van der Waals surface area contributed by atoms with Crippen LogP contribution in [0.4, 0.5) is 4.79 Å². The minimum Gasteiger partial charge on any atom is -0.370 e. The smallest absolute Gasteiger partial charge is 0.315 e. The molecule has 0 aliphatic rings. The van der Waals surface area contributed by atoms with Crippen molar-refractivity contribution in [2.75, 3.05) is 6.54 Å². The van der Waals surface area contributed by atoms with Crippen molar-refractivity contribution in [2.24, 2.45) is 5.73 Å². The maximum absolute atomic E-state index is 12.4. The van der Waals surface area contributed by atoms with Crippen LogP contribution in [0, 0.1) is 0 Å². The molecule has 0 unspecified atom stereocenters. The van der Waals surface area contributed by atoms with Gasteiger partial charge in [0.15, 0.2) is 5.78 Å². The van der Waals surface area contributed by atoms with E-state index in [2.05, 4.69) is 17.6 Å². The lowest BCUT2D eigenvalue weighted by atomic mass is 10.0. The van der Waals surface area contributed by atoms with Crippen LogP contribution in [0.15, 0.2) is 30.3 Å². The van der Waals surface area contributed by atoms with Gasteiger partial charge in [-0.05, 0) is 24.8 Å². The monoisotopic (exact) mass is 361 g/mol. The molecule has 144 valence electrons. The van der Waals surface area contributed by atoms with Gasteiger partial charge in [-0.2, -0.15) is 0 Å². The number of Topliss-reactive ketones (excluding diaryl/α,β-unsaturated/α-hetero) is 1. The summed E-state index contributed by atoms with van der Waals surface area (Å²) in [6, 6.07) is 8.59. The maximum Gasteiger partial charge on any atom is 0.315 e. The van der Waals surface area contributed by atoms with E-state index in [0.717, 1.165) is 37.7 Å². The molecule has 3 amide bonds. The normalized spacial score (nSPS) is 11.6. The van der Waals surface area contributed by atoms with Gasteiger partial charge in [0.2, 0.25) is 5.91 Å². The highest BCUT2D eigenvalue weighted by molar-refractivity contribution is 5.92. The van der Waals surface area contributed by atoms with Crippen molar-refractivity contribution in [1.29, 1.82) is 0 Å². The Kier molecular flexibility index (Phi) is 10.8. The Hall–Kier alpha value is -2.37. The summed E-state index contributed by atoms with van der Waals surface area (Å²) in [4.78, 5) is 35.5. The van der Waals surface area contributed by atoms with Crippen molar-refractivity contribution in [3.63, 3.8) is 0 Å². The molecule has 0 bridgehead atoms. The van der Waals surface area contributed by atoms with Gasteiger partial charge in [-0.25, -0.2) is 4.79 Å². The number of urea groups is 1. The lowest BCUT2D eigenvalue weighted by Crippen LogP contribution is -2.47. The Balaban J connectivity index is 2.39. The summed E-state index contributed by atoms with van der Waals surface area (Å²) in [7, 11) is 0. The van der Waals surface area contributed by atoms with Gasteiger partial charge in [-0.3, -0.25) is 9.59 Å². The van der Waals surface area contributed by atoms with E-state index in [1.54, 1.807) is 0 Å². The summed E-state index contributed by atoms with van der Waals surface area (Å²) >= 11 is 0. The second-order valence-corrected chi connectivity index (χ2v) is 6.49. The topological polar surface area (TPSA) is 101 Å². The number of carbonyl (C=O) groups is 3. The minimum absolute atomic E-state index is 0.166. The van der Waals surface area contributed by atoms with E-state index in [1.807, 2.05) is 30.3 Å². The predicted molar refractivity (Wildman–Crippen MR) is 103 cm³/mol. The van der Waals surface area contributed by atoms with E-state index < -0.39 is 18.0 Å². The molecule has 26 heavy (non-hydrogen) atoms. The largest absolute Gasteiger partial charge is 0.370 e. The Morgan fingerprint density at radius 2 is 1.77 bits per heavy atom. The first-order valence-corrected chi connectivity index (χ1v) is 9.42. The standard InChI is InChI=1S/C20H31N3O3/c1-2-3-4-8-14-22-20(26)23-17(15-19(21)25)18(24)13-9-12-16-10-6-5-7-11-16/h5-7,10-11,17H,2-4,8-9,12-15H2,1H3,(H2,21,25)(H2,22,23,26)/t17-/m1/s1. The van der Waals surface area contributed by atoms with Gasteiger partial charge in [0, 0.05) is 13.0 Å².